The monoisotopic (exact) mass is 268 g/mol. The Morgan fingerprint density at radius 3 is 2.47 bits per heavy atom. The van der Waals surface area contributed by atoms with Gasteiger partial charge in [0, 0.05) is 19.1 Å². The Hall–Kier alpha value is -0.770. The smallest absolute Gasteiger partial charge is 0.407 e. The van der Waals surface area contributed by atoms with E-state index in [1.165, 1.54) is 32.1 Å². The molecule has 2 fully saturated rings. The van der Waals surface area contributed by atoms with Crippen molar-refractivity contribution in [1.29, 1.82) is 0 Å². The van der Waals surface area contributed by atoms with Gasteiger partial charge in [-0.2, -0.15) is 0 Å². The first-order chi connectivity index (χ1) is 8.96. The van der Waals surface area contributed by atoms with Gasteiger partial charge in [-0.3, -0.25) is 0 Å². The highest BCUT2D eigenvalue weighted by atomic mass is 16.6. The van der Waals surface area contributed by atoms with E-state index in [0.29, 0.717) is 5.92 Å². The van der Waals surface area contributed by atoms with Crippen LogP contribution in [0.25, 0.3) is 0 Å². The molecule has 19 heavy (non-hydrogen) atoms. The number of carbonyl (C=O) groups is 1. The Bertz CT molecular complexity index is 306. The molecule has 0 bridgehead atoms. The molecule has 4 nitrogen and oxygen atoms in total. The second-order valence-electron chi connectivity index (χ2n) is 6.97. The lowest BCUT2D eigenvalue weighted by atomic mass is 9.78. The number of rotatable bonds is 2. The van der Waals surface area contributed by atoms with E-state index in [1.807, 2.05) is 20.8 Å². The van der Waals surface area contributed by atoms with Crippen LogP contribution < -0.4 is 10.6 Å². The minimum absolute atomic E-state index is 0.234. The van der Waals surface area contributed by atoms with E-state index < -0.39 is 5.60 Å². The molecule has 1 amide bonds. The molecule has 0 aromatic rings. The van der Waals surface area contributed by atoms with Crippen molar-refractivity contribution in [3.8, 4) is 0 Å². The molecule has 2 atom stereocenters. The Labute approximate surface area is 116 Å². The van der Waals surface area contributed by atoms with Crippen LogP contribution in [0.2, 0.25) is 0 Å². The summed E-state index contributed by atoms with van der Waals surface area (Å²) in [7, 11) is 0. The van der Waals surface area contributed by atoms with Gasteiger partial charge in [-0.1, -0.05) is 32.1 Å². The fourth-order valence-corrected chi connectivity index (χ4v) is 3.37. The predicted molar refractivity (Wildman–Crippen MR) is 76.1 cm³/mol. The summed E-state index contributed by atoms with van der Waals surface area (Å²) in [6.45, 7) is 7.61. The lowest BCUT2D eigenvalue weighted by molar-refractivity contribution is 0.0484. The zero-order chi connectivity index (χ0) is 13.9. The van der Waals surface area contributed by atoms with Gasteiger partial charge in [-0.25, -0.2) is 4.79 Å². The maximum absolute atomic E-state index is 11.9. The Morgan fingerprint density at radius 1 is 1.16 bits per heavy atom. The number of alkyl carbamates (subject to hydrolysis) is 1. The molecular formula is C15H28N2O2. The van der Waals surface area contributed by atoms with Crippen molar-refractivity contribution < 1.29 is 9.53 Å². The van der Waals surface area contributed by atoms with Crippen molar-refractivity contribution in [2.45, 2.75) is 64.5 Å². The molecule has 4 heteroatoms. The topological polar surface area (TPSA) is 50.4 Å². The van der Waals surface area contributed by atoms with Crippen molar-refractivity contribution >= 4 is 6.09 Å². The Kier molecular flexibility index (Phi) is 4.71. The fraction of sp³-hybridized carbons (Fsp3) is 0.933. The molecule has 2 rings (SSSR count). The highest BCUT2D eigenvalue weighted by Crippen LogP contribution is 2.33. The van der Waals surface area contributed by atoms with Crippen molar-refractivity contribution in [3.63, 3.8) is 0 Å². The SMILES string of the molecule is CC(C)(C)OC(=O)N[C@H]1CNC[C@@H]1C1CCCCC1. The third kappa shape index (κ3) is 4.37. The van der Waals surface area contributed by atoms with E-state index in [0.717, 1.165) is 19.0 Å². The van der Waals surface area contributed by atoms with Crippen LogP contribution in [0.5, 0.6) is 0 Å². The van der Waals surface area contributed by atoms with E-state index in [1.54, 1.807) is 0 Å². The average Bonchev–Trinajstić information content (AvgIpc) is 2.75. The van der Waals surface area contributed by atoms with Crippen LogP contribution >= 0.6 is 0 Å². The van der Waals surface area contributed by atoms with E-state index in [4.69, 9.17) is 4.74 Å². The molecule has 1 aliphatic heterocycles. The summed E-state index contributed by atoms with van der Waals surface area (Å²) in [5.41, 5.74) is -0.420. The summed E-state index contributed by atoms with van der Waals surface area (Å²) in [5, 5.41) is 6.48. The summed E-state index contributed by atoms with van der Waals surface area (Å²) >= 11 is 0. The lowest BCUT2D eigenvalue weighted by Gasteiger charge is -2.31. The van der Waals surface area contributed by atoms with Gasteiger partial charge >= 0.3 is 6.09 Å². The molecule has 1 heterocycles. The standard InChI is InChI=1S/C15H28N2O2/c1-15(2,3)19-14(18)17-13-10-16-9-12(13)11-7-5-4-6-8-11/h11-13,16H,4-10H2,1-3H3,(H,17,18)/t12-,13+/m1/s1. The Morgan fingerprint density at radius 2 is 1.84 bits per heavy atom. The van der Waals surface area contributed by atoms with E-state index in [9.17, 15) is 4.79 Å². The normalized spacial score (nSPS) is 29.2. The van der Waals surface area contributed by atoms with E-state index in [-0.39, 0.29) is 12.1 Å². The highest BCUT2D eigenvalue weighted by molar-refractivity contribution is 5.68. The first kappa shape index (κ1) is 14.6. The summed E-state index contributed by atoms with van der Waals surface area (Å²) < 4.78 is 5.36. The van der Waals surface area contributed by atoms with Crippen LogP contribution in [0.3, 0.4) is 0 Å². The molecule has 110 valence electrons. The van der Waals surface area contributed by atoms with Crippen LogP contribution in [0.15, 0.2) is 0 Å². The van der Waals surface area contributed by atoms with Crippen LogP contribution in [0.1, 0.15) is 52.9 Å². The molecule has 2 aliphatic rings. The molecule has 1 aliphatic carbocycles. The summed E-state index contributed by atoms with van der Waals surface area (Å²) in [5.74, 6) is 1.34. The predicted octanol–water partition coefficient (Wildman–Crippen LogP) is 2.68. The number of hydrogen-bond donors (Lipinski definition) is 2. The number of ether oxygens (including phenoxy) is 1. The van der Waals surface area contributed by atoms with Gasteiger partial charge in [0.1, 0.15) is 5.60 Å². The molecule has 0 aromatic carbocycles. The van der Waals surface area contributed by atoms with Crippen LogP contribution in [-0.4, -0.2) is 30.8 Å². The quantitative estimate of drug-likeness (QED) is 0.809. The van der Waals surface area contributed by atoms with Crippen molar-refractivity contribution in [1.82, 2.24) is 10.6 Å². The summed E-state index contributed by atoms with van der Waals surface area (Å²) in [6.07, 6.45) is 6.43. The van der Waals surface area contributed by atoms with Gasteiger partial charge < -0.3 is 15.4 Å². The molecule has 1 saturated carbocycles. The maximum atomic E-state index is 11.9. The van der Waals surface area contributed by atoms with Gasteiger partial charge in [0.05, 0.1) is 0 Å². The fourth-order valence-electron chi connectivity index (χ4n) is 3.37. The Balaban J connectivity index is 1.86. The van der Waals surface area contributed by atoms with Gasteiger partial charge in [-0.15, -0.1) is 0 Å². The van der Waals surface area contributed by atoms with Gasteiger partial charge in [0.25, 0.3) is 0 Å². The first-order valence-corrected chi connectivity index (χ1v) is 7.66. The van der Waals surface area contributed by atoms with Crippen LogP contribution in [0.4, 0.5) is 4.79 Å². The van der Waals surface area contributed by atoms with Gasteiger partial charge in [-0.05, 0) is 32.6 Å². The van der Waals surface area contributed by atoms with Crippen LogP contribution in [-0.2, 0) is 4.74 Å². The van der Waals surface area contributed by atoms with Crippen molar-refractivity contribution in [3.05, 3.63) is 0 Å². The number of nitrogens with one attached hydrogen (secondary N) is 2. The second kappa shape index (κ2) is 6.12. The number of hydrogen-bond acceptors (Lipinski definition) is 3. The number of carbonyl (C=O) groups excluding carboxylic acids is 1. The first-order valence-electron chi connectivity index (χ1n) is 7.66. The van der Waals surface area contributed by atoms with E-state index in [2.05, 4.69) is 10.6 Å². The van der Waals surface area contributed by atoms with Crippen LogP contribution in [0, 0.1) is 11.8 Å². The third-order valence-electron chi connectivity index (χ3n) is 4.22. The second-order valence-corrected chi connectivity index (χ2v) is 6.97. The van der Waals surface area contributed by atoms with Gasteiger partial charge in [0.2, 0.25) is 0 Å². The minimum Gasteiger partial charge on any atom is -0.444 e. The minimum atomic E-state index is -0.420. The molecule has 1 saturated heterocycles. The average molecular weight is 268 g/mol. The van der Waals surface area contributed by atoms with Crippen molar-refractivity contribution in [2.24, 2.45) is 11.8 Å². The molecule has 0 spiro atoms. The van der Waals surface area contributed by atoms with E-state index >= 15 is 0 Å². The molecule has 0 unspecified atom stereocenters. The van der Waals surface area contributed by atoms with Crippen molar-refractivity contribution in [2.75, 3.05) is 13.1 Å². The zero-order valence-corrected chi connectivity index (χ0v) is 12.5. The molecule has 0 radical (unpaired) electrons. The molecule has 2 N–H and O–H groups in total. The highest BCUT2D eigenvalue weighted by Gasteiger charge is 2.35. The maximum Gasteiger partial charge on any atom is 0.407 e. The zero-order valence-electron chi connectivity index (χ0n) is 12.5. The molecular weight excluding hydrogens is 240 g/mol. The van der Waals surface area contributed by atoms with Gasteiger partial charge in [0.15, 0.2) is 0 Å². The number of amides is 1. The third-order valence-corrected chi connectivity index (χ3v) is 4.22. The lowest BCUT2D eigenvalue weighted by Crippen LogP contribution is -2.45. The molecule has 0 aromatic heterocycles. The summed E-state index contributed by atoms with van der Waals surface area (Å²) in [4.78, 5) is 11.9. The summed E-state index contributed by atoms with van der Waals surface area (Å²) in [6, 6.07) is 0.234. The largest absolute Gasteiger partial charge is 0.444 e.